The van der Waals surface area contributed by atoms with Gasteiger partial charge < -0.3 is 44.9 Å². The van der Waals surface area contributed by atoms with Gasteiger partial charge in [0.15, 0.2) is 0 Å². The summed E-state index contributed by atoms with van der Waals surface area (Å²) < 4.78 is 23.2. The summed E-state index contributed by atoms with van der Waals surface area (Å²) in [5.74, 6) is -3.05. The van der Waals surface area contributed by atoms with Gasteiger partial charge in [-0.15, -0.1) is 0 Å². The van der Waals surface area contributed by atoms with Crippen LogP contribution in [0.3, 0.4) is 0 Å². The number of carboxylic acids is 1. The standard InChI is InChI=1S/C55H65N5O11/c1-7-29-70-55(67)60(5)46(30-37(2)3)54(66)59(4)47(36-69-34-40-19-12-9-13-20-40)52(64)57-42(31-38-17-10-8-11-18-38)35-71-48-26-25-41-22-14-15-24-44(41)50(48)53(65)58-45(33-49(61)62)51(63)56-28-27-39-21-16-23-43(32-39)68-6/h7-26,32,37,42,45-47H,1,27-31,33-36H2,2-6H3,(H,56,63)(H,57,64)(H,58,65)(H,61,62). The van der Waals surface area contributed by atoms with Crippen LogP contribution in [0.1, 0.15) is 53.7 Å². The van der Waals surface area contributed by atoms with E-state index in [1.54, 1.807) is 49.6 Å². The summed E-state index contributed by atoms with van der Waals surface area (Å²) in [5.41, 5.74) is 2.65. The molecule has 4 unspecified atom stereocenters. The van der Waals surface area contributed by atoms with Gasteiger partial charge in [0.2, 0.25) is 17.7 Å². The number of methoxy groups -OCH3 is 1. The average Bonchev–Trinajstić information content (AvgIpc) is 3.37. The third-order valence-corrected chi connectivity index (χ3v) is 11.6. The molecule has 376 valence electrons. The summed E-state index contributed by atoms with van der Waals surface area (Å²) in [6.07, 6.45) is 0.988. The third kappa shape index (κ3) is 16.5. The molecule has 0 saturated carbocycles. The van der Waals surface area contributed by atoms with E-state index in [0.717, 1.165) is 16.7 Å². The van der Waals surface area contributed by atoms with E-state index in [-0.39, 0.29) is 63.0 Å². The molecule has 16 nitrogen and oxygen atoms in total. The first kappa shape index (κ1) is 54.2. The highest BCUT2D eigenvalue weighted by Crippen LogP contribution is 2.29. The summed E-state index contributed by atoms with van der Waals surface area (Å²) >= 11 is 0. The molecule has 71 heavy (non-hydrogen) atoms. The molecule has 4 atom stereocenters. The Hall–Kier alpha value is -7.72. The molecule has 0 aliphatic carbocycles. The van der Waals surface area contributed by atoms with Crippen molar-refractivity contribution in [1.29, 1.82) is 0 Å². The SMILES string of the molecule is C=CCOC(=O)N(C)C(CC(C)C)C(=O)N(C)C(COCc1ccccc1)C(=O)NC(COc1ccc2ccccc2c1C(=O)NC(CC(=O)O)C(=O)NCCc1cccc(OC)c1)Cc1ccccc1. The van der Waals surface area contributed by atoms with E-state index in [9.17, 15) is 33.9 Å². The van der Waals surface area contributed by atoms with Gasteiger partial charge in [0.05, 0.1) is 38.3 Å². The highest BCUT2D eigenvalue weighted by Gasteiger charge is 2.37. The van der Waals surface area contributed by atoms with Gasteiger partial charge in [-0.3, -0.25) is 28.9 Å². The van der Waals surface area contributed by atoms with E-state index in [1.165, 1.54) is 30.0 Å². The second-order valence-corrected chi connectivity index (χ2v) is 17.5. The quantitative estimate of drug-likeness (QED) is 0.0413. The van der Waals surface area contributed by atoms with Crippen molar-refractivity contribution in [2.45, 2.75) is 70.3 Å². The number of amides is 5. The van der Waals surface area contributed by atoms with Crippen LogP contribution < -0.4 is 25.4 Å². The molecule has 0 aliphatic heterocycles. The van der Waals surface area contributed by atoms with Crippen molar-refractivity contribution in [3.05, 3.63) is 156 Å². The number of ether oxygens (including phenoxy) is 4. The molecule has 0 aromatic heterocycles. The average molecular weight is 972 g/mol. The maximum Gasteiger partial charge on any atom is 0.410 e. The Labute approximate surface area is 415 Å². The second-order valence-electron chi connectivity index (χ2n) is 17.5. The van der Waals surface area contributed by atoms with Crippen LogP contribution in [-0.4, -0.2) is 122 Å². The Morgan fingerprint density at radius 3 is 2.10 bits per heavy atom. The van der Waals surface area contributed by atoms with E-state index in [1.807, 2.05) is 92.7 Å². The Morgan fingerprint density at radius 2 is 1.42 bits per heavy atom. The van der Waals surface area contributed by atoms with Crippen LogP contribution in [0.2, 0.25) is 0 Å². The van der Waals surface area contributed by atoms with Crippen molar-refractivity contribution < 1.29 is 52.8 Å². The van der Waals surface area contributed by atoms with E-state index < -0.39 is 66.3 Å². The number of nitrogens with zero attached hydrogens (tertiary/aromatic N) is 2. The molecular formula is C55H65N5O11. The lowest BCUT2D eigenvalue weighted by Gasteiger charge is -2.35. The van der Waals surface area contributed by atoms with Gasteiger partial charge in [0.1, 0.15) is 42.8 Å². The van der Waals surface area contributed by atoms with E-state index >= 15 is 0 Å². The minimum Gasteiger partial charge on any atom is -0.497 e. The van der Waals surface area contributed by atoms with Gasteiger partial charge in [-0.05, 0) is 70.8 Å². The smallest absolute Gasteiger partial charge is 0.410 e. The van der Waals surface area contributed by atoms with Crippen molar-refractivity contribution in [3.63, 3.8) is 0 Å². The van der Waals surface area contributed by atoms with Crippen molar-refractivity contribution in [3.8, 4) is 11.5 Å². The first-order valence-electron chi connectivity index (χ1n) is 23.5. The fourth-order valence-corrected chi connectivity index (χ4v) is 7.88. The number of nitrogens with one attached hydrogen (secondary N) is 3. The molecule has 5 amide bonds. The zero-order chi connectivity index (χ0) is 51.3. The van der Waals surface area contributed by atoms with Gasteiger partial charge >= 0.3 is 12.1 Å². The number of fused-ring (bicyclic) bond motifs is 1. The molecule has 5 aromatic rings. The summed E-state index contributed by atoms with van der Waals surface area (Å²) in [5, 5.41) is 19.5. The van der Waals surface area contributed by atoms with Crippen LogP contribution in [0.5, 0.6) is 11.5 Å². The number of carbonyl (C=O) groups is 6. The summed E-state index contributed by atoms with van der Waals surface area (Å²) in [4.78, 5) is 84.8. The van der Waals surface area contributed by atoms with Gasteiger partial charge in [0.25, 0.3) is 5.91 Å². The number of hydrogen-bond donors (Lipinski definition) is 4. The van der Waals surface area contributed by atoms with Crippen molar-refractivity contribution in [1.82, 2.24) is 25.8 Å². The largest absolute Gasteiger partial charge is 0.497 e. The minimum absolute atomic E-state index is 0.0151. The number of hydrogen-bond acceptors (Lipinski definition) is 10. The van der Waals surface area contributed by atoms with Crippen LogP contribution in [0, 0.1) is 5.92 Å². The van der Waals surface area contributed by atoms with Crippen LogP contribution >= 0.6 is 0 Å². The number of benzene rings is 5. The predicted octanol–water partition coefficient (Wildman–Crippen LogP) is 6.60. The summed E-state index contributed by atoms with van der Waals surface area (Å²) in [6, 6.07) is 32.2. The lowest BCUT2D eigenvalue weighted by Crippen LogP contribution is -2.58. The van der Waals surface area contributed by atoms with Crippen molar-refractivity contribution >= 4 is 46.5 Å². The van der Waals surface area contributed by atoms with Crippen LogP contribution in [0.15, 0.2) is 134 Å². The van der Waals surface area contributed by atoms with Crippen LogP contribution in [0.25, 0.3) is 10.8 Å². The zero-order valence-corrected chi connectivity index (χ0v) is 41.0. The lowest BCUT2D eigenvalue weighted by atomic mass is 10.0. The molecular weight excluding hydrogens is 907 g/mol. The predicted molar refractivity (Wildman–Crippen MR) is 270 cm³/mol. The maximum atomic E-state index is 14.7. The molecule has 0 fully saturated rings. The third-order valence-electron chi connectivity index (χ3n) is 11.6. The van der Waals surface area contributed by atoms with Gasteiger partial charge in [-0.2, -0.15) is 0 Å². The maximum absolute atomic E-state index is 14.7. The number of carbonyl (C=O) groups excluding carboxylic acids is 5. The normalized spacial score (nSPS) is 12.6. The Balaban J connectivity index is 1.42. The van der Waals surface area contributed by atoms with Gasteiger partial charge in [-0.25, -0.2) is 4.79 Å². The molecule has 0 radical (unpaired) electrons. The number of carboxylic acid groups (broad SMARTS) is 1. The molecule has 16 heteroatoms. The monoisotopic (exact) mass is 971 g/mol. The molecule has 0 aliphatic rings. The van der Waals surface area contributed by atoms with Gasteiger partial charge in [0, 0.05) is 20.6 Å². The van der Waals surface area contributed by atoms with Crippen LogP contribution in [-0.2, 0) is 48.1 Å². The summed E-state index contributed by atoms with van der Waals surface area (Å²) in [6.45, 7) is 7.33. The fourth-order valence-electron chi connectivity index (χ4n) is 7.88. The van der Waals surface area contributed by atoms with Crippen molar-refractivity contribution in [2.75, 3.05) is 47.6 Å². The molecule has 0 bridgehead atoms. The molecule has 5 rings (SSSR count). The Bertz CT molecular complexity index is 2570. The van der Waals surface area contributed by atoms with Crippen LogP contribution in [0.4, 0.5) is 4.79 Å². The number of likely N-dealkylation sites (N-methyl/N-ethyl adjacent to an activating group) is 2. The minimum atomic E-state index is -1.44. The number of rotatable bonds is 27. The first-order valence-corrected chi connectivity index (χ1v) is 23.5. The fraction of sp³-hybridized carbons (Fsp3) is 0.345. The van der Waals surface area contributed by atoms with E-state index in [4.69, 9.17) is 18.9 Å². The van der Waals surface area contributed by atoms with Gasteiger partial charge in [-0.1, -0.05) is 130 Å². The Morgan fingerprint density at radius 1 is 0.746 bits per heavy atom. The zero-order valence-electron chi connectivity index (χ0n) is 41.0. The summed E-state index contributed by atoms with van der Waals surface area (Å²) in [7, 11) is 4.53. The molecule has 5 aromatic carbocycles. The topological polar surface area (TPSA) is 202 Å². The lowest BCUT2D eigenvalue weighted by molar-refractivity contribution is -0.145. The van der Waals surface area contributed by atoms with E-state index in [0.29, 0.717) is 22.9 Å². The number of aliphatic carboxylic acids is 1. The van der Waals surface area contributed by atoms with Crippen molar-refractivity contribution in [2.24, 2.45) is 5.92 Å². The van der Waals surface area contributed by atoms with E-state index in [2.05, 4.69) is 22.5 Å². The first-order chi connectivity index (χ1) is 34.2. The second kappa shape index (κ2) is 27.5. The molecule has 0 heterocycles. The Kier molecular flexibility index (Phi) is 21.0. The highest BCUT2D eigenvalue weighted by atomic mass is 16.6. The molecule has 4 N–H and O–H groups in total. The molecule has 0 saturated heterocycles. The molecule has 0 spiro atoms. The highest BCUT2D eigenvalue weighted by molar-refractivity contribution is 6.10.